The number of nitrogen functional groups attached to an aromatic ring is 1. The zero-order valence-corrected chi connectivity index (χ0v) is 12.0. The third-order valence-corrected chi connectivity index (χ3v) is 4.81. The molecule has 1 amide bonds. The summed E-state index contributed by atoms with van der Waals surface area (Å²) in [6.45, 7) is 3.03. The molecule has 1 heterocycles. The zero-order valence-electron chi connectivity index (χ0n) is 11.2. The summed E-state index contributed by atoms with van der Waals surface area (Å²) in [4.78, 5) is 12.2. The molecule has 0 atom stereocenters. The second-order valence-electron chi connectivity index (χ2n) is 5.26. The minimum Gasteiger partial charge on any atom is -0.396 e. The van der Waals surface area contributed by atoms with Crippen LogP contribution in [0.5, 0.6) is 0 Å². The molecule has 1 aliphatic carbocycles. The van der Waals surface area contributed by atoms with Gasteiger partial charge in [0.05, 0.1) is 11.3 Å². The van der Waals surface area contributed by atoms with E-state index in [9.17, 15) is 4.79 Å². The summed E-state index contributed by atoms with van der Waals surface area (Å²) < 4.78 is 0. The summed E-state index contributed by atoms with van der Waals surface area (Å²) in [5, 5.41) is 15.6. The fraction of sp³-hybridized carbons (Fsp3) is 0.538. The van der Waals surface area contributed by atoms with Crippen molar-refractivity contribution in [3.05, 3.63) is 10.4 Å². The van der Waals surface area contributed by atoms with Crippen molar-refractivity contribution in [1.29, 1.82) is 5.26 Å². The van der Waals surface area contributed by atoms with Crippen molar-refractivity contribution in [2.24, 2.45) is 5.41 Å². The monoisotopic (exact) mass is 278 g/mol. The largest absolute Gasteiger partial charge is 0.396 e. The van der Waals surface area contributed by atoms with Gasteiger partial charge in [0.25, 0.3) is 5.91 Å². The van der Waals surface area contributed by atoms with E-state index in [0.717, 1.165) is 6.54 Å². The van der Waals surface area contributed by atoms with E-state index in [4.69, 9.17) is 11.0 Å². The quantitative estimate of drug-likeness (QED) is 0.787. The smallest absolute Gasteiger partial charge is 0.256 e. The van der Waals surface area contributed by atoms with Crippen LogP contribution in [0.2, 0.25) is 0 Å². The Bertz CT molecular complexity index is 540. The number of anilines is 2. The van der Waals surface area contributed by atoms with Gasteiger partial charge < -0.3 is 16.4 Å². The number of nitrogens with one attached hydrogen (secondary N) is 2. The van der Waals surface area contributed by atoms with Crippen LogP contribution in [0.4, 0.5) is 10.7 Å². The van der Waals surface area contributed by atoms with Crippen LogP contribution < -0.4 is 16.4 Å². The molecule has 102 valence electrons. The second kappa shape index (κ2) is 5.10. The second-order valence-corrected chi connectivity index (χ2v) is 6.28. The number of thiophene rings is 1. The molecule has 0 radical (unpaired) electrons. The van der Waals surface area contributed by atoms with E-state index in [0.29, 0.717) is 20.9 Å². The number of nitrogens with zero attached hydrogens (tertiary/aromatic N) is 1. The molecule has 5 nitrogen and oxygen atoms in total. The highest BCUT2D eigenvalue weighted by molar-refractivity contribution is 7.17. The van der Waals surface area contributed by atoms with Gasteiger partial charge in [0.1, 0.15) is 15.9 Å². The van der Waals surface area contributed by atoms with Gasteiger partial charge in [-0.2, -0.15) is 5.26 Å². The molecular formula is C13H18N4OS. The number of carbonyl (C=O) groups excluding carboxylic acids is 1. The van der Waals surface area contributed by atoms with Crippen LogP contribution in [0.15, 0.2) is 0 Å². The maximum atomic E-state index is 11.9. The molecule has 1 fully saturated rings. The van der Waals surface area contributed by atoms with E-state index < -0.39 is 0 Å². The molecular weight excluding hydrogens is 260 g/mol. The first-order valence-electron chi connectivity index (χ1n) is 6.29. The molecule has 0 unspecified atom stereocenters. The predicted molar refractivity (Wildman–Crippen MR) is 77.3 cm³/mol. The Hall–Kier alpha value is -1.74. The van der Waals surface area contributed by atoms with E-state index in [1.807, 2.05) is 6.07 Å². The lowest BCUT2D eigenvalue weighted by Crippen LogP contribution is -2.33. The molecule has 19 heavy (non-hydrogen) atoms. The lowest BCUT2D eigenvalue weighted by Gasteiger charge is -2.38. The van der Waals surface area contributed by atoms with Crippen molar-refractivity contribution < 1.29 is 4.79 Å². The molecule has 0 aromatic carbocycles. The Morgan fingerprint density at radius 1 is 1.58 bits per heavy atom. The van der Waals surface area contributed by atoms with E-state index in [1.165, 1.54) is 30.6 Å². The molecule has 4 N–H and O–H groups in total. The maximum absolute atomic E-state index is 11.9. The van der Waals surface area contributed by atoms with Crippen molar-refractivity contribution in [2.75, 3.05) is 24.6 Å². The normalized spacial score (nSPS) is 16.3. The fourth-order valence-corrected chi connectivity index (χ4v) is 3.16. The first-order chi connectivity index (χ1) is 9.00. The van der Waals surface area contributed by atoms with Crippen LogP contribution in [0, 0.1) is 16.7 Å². The van der Waals surface area contributed by atoms with Crippen LogP contribution in [-0.2, 0) is 0 Å². The SMILES string of the molecule is CNC(=O)c1c(NCC2(C)CCC2)sc(C#N)c1N. The highest BCUT2D eigenvalue weighted by atomic mass is 32.1. The Balaban J connectivity index is 2.23. The van der Waals surface area contributed by atoms with Crippen LogP contribution in [0.1, 0.15) is 41.4 Å². The summed E-state index contributed by atoms with van der Waals surface area (Å²) in [7, 11) is 1.56. The minimum absolute atomic E-state index is 0.253. The molecule has 1 aromatic heterocycles. The Labute approximate surface area is 116 Å². The zero-order chi connectivity index (χ0) is 14.0. The molecule has 0 spiro atoms. The van der Waals surface area contributed by atoms with Crippen LogP contribution in [0.25, 0.3) is 0 Å². The number of hydrogen-bond acceptors (Lipinski definition) is 5. The van der Waals surface area contributed by atoms with E-state index in [1.54, 1.807) is 7.05 Å². The summed E-state index contributed by atoms with van der Waals surface area (Å²) in [5.74, 6) is -0.253. The summed E-state index contributed by atoms with van der Waals surface area (Å²) in [6, 6.07) is 2.03. The molecule has 0 bridgehead atoms. The molecule has 1 aromatic rings. The van der Waals surface area contributed by atoms with Gasteiger partial charge in [0.15, 0.2) is 0 Å². The van der Waals surface area contributed by atoms with Gasteiger partial charge in [-0.25, -0.2) is 0 Å². The summed E-state index contributed by atoms with van der Waals surface area (Å²) >= 11 is 1.25. The molecule has 1 aliphatic rings. The van der Waals surface area contributed by atoms with Gasteiger partial charge in [0, 0.05) is 13.6 Å². The van der Waals surface area contributed by atoms with Crippen molar-refractivity contribution in [3.63, 3.8) is 0 Å². The Morgan fingerprint density at radius 3 is 2.74 bits per heavy atom. The topological polar surface area (TPSA) is 90.9 Å². The van der Waals surface area contributed by atoms with Crippen LogP contribution >= 0.6 is 11.3 Å². The average molecular weight is 278 g/mol. The van der Waals surface area contributed by atoms with Crippen LogP contribution in [0.3, 0.4) is 0 Å². The fourth-order valence-electron chi connectivity index (χ4n) is 2.25. The number of nitriles is 1. The highest BCUT2D eigenvalue weighted by Gasteiger charge is 2.32. The molecule has 1 saturated carbocycles. The van der Waals surface area contributed by atoms with Gasteiger partial charge in [0.2, 0.25) is 0 Å². The first-order valence-corrected chi connectivity index (χ1v) is 7.11. The lowest BCUT2D eigenvalue weighted by atomic mass is 9.70. The van der Waals surface area contributed by atoms with Gasteiger partial charge in [-0.1, -0.05) is 13.3 Å². The summed E-state index contributed by atoms with van der Waals surface area (Å²) in [5.41, 5.74) is 6.83. The number of amides is 1. The highest BCUT2D eigenvalue weighted by Crippen LogP contribution is 2.42. The number of carbonyl (C=O) groups is 1. The lowest BCUT2D eigenvalue weighted by molar-refractivity contribution is 0.0965. The van der Waals surface area contributed by atoms with Crippen molar-refractivity contribution in [2.45, 2.75) is 26.2 Å². The Morgan fingerprint density at radius 2 is 2.26 bits per heavy atom. The summed E-state index contributed by atoms with van der Waals surface area (Å²) in [6.07, 6.45) is 3.65. The number of nitrogens with two attached hydrogens (primary N) is 1. The minimum atomic E-state index is -0.253. The Kier molecular flexibility index (Phi) is 3.67. The predicted octanol–water partition coefficient (Wildman–Crippen LogP) is 2.16. The van der Waals surface area contributed by atoms with E-state index >= 15 is 0 Å². The molecule has 6 heteroatoms. The van der Waals surface area contributed by atoms with E-state index in [-0.39, 0.29) is 11.6 Å². The maximum Gasteiger partial charge on any atom is 0.256 e. The van der Waals surface area contributed by atoms with Crippen molar-refractivity contribution >= 4 is 27.9 Å². The molecule has 2 rings (SSSR count). The van der Waals surface area contributed by atoms with Crippen LogP contribution in [-0.4, -0.2) is 19.5 Å². The standard InChI is InChI=1S/C13H18N4OS/c1-13(4-3-5-13)7-17-12-9(11(18)16-2)10(15)8(6-14)19-12/h17H,3-5,7,15H2,1-2H3,(H,16,18). The first kappa shape index (κ1) is 13.7. The molecule has 0 saturated heterocycles. The third kappa shape index (κ3) is 2.51. The van der Waals surface area contributed by atoms with Gasteiger partial charge >= 0.3 is 0 Å². The van der Waals surface area contributed by atoms with E-state index in [2.05, 4.69) is 17.6 Å². The van der Waals surface area contributed by atoms with Gasteiger partial charge in [-0.05, 0) is 18.3 Å². The van der Waals surface area contributed by atoms with Gasteiger partial charge in [-0.3, -0.25) is 4.79 Å². The molecule has 0 aliphatic heterocycles. The average Bonchev–Trinajstić information content (AvgIpc) is 2.69. The van der Waals surface area contributed by atoms with Crippen molar-refractivity contribution in [1.82, 2.24) is 5.32 Å². The number of hydrogen-bond donors (Lipinski definition) is 3. The van der Waals surface area contributed by atoms with Crippen molar-refractivity contribution in [3.8, 4) is 6.07 Å². The van der Waals surface area contributed by atoms with Gasteiger partial charge in [-0.15, -0.1) is 11.3 Å². The third-order valence-electron chi connectivity index (χ3n) is 3.74. The number of rotatable bonds is 4.